The van der Waals surface area contributed by atoms with E-state index in [1.165, 1.54) is 0 Å². The maximum atomic E-state index is 5.80. The lowest BCUT2D eigenvalue weighted by molar-refractivity contribution is 0.143. The average Bonchev–Trinajstić information content (AvgIpc) is 2.91. The normalized spacial score (nSPS) is 9.94. The molecule has 0 aliphatic rings. The summed E-state index contributed by atoms with van der Waals surface area (Å²) in [5, 5.41) is 7.38. The summed E-state index contributed by atoms with van der Waals surface area (Å²) < 4.78 is 11.6. The number of hydrogen-bond acceptors (Lipinski definition) is 8. The Hall–Kier alpha value is -3.60. The predicted molar refractivity (Wildman–Crippen MR) is 143 cm³/mol. The maximum absolute atomic E-state index is 5.80. The quantitative estimate of drug-likeness (QED) is 0.113. The number of ether oxygens (including phenoxy) is 2. The zero-order valence-corrected chi connectivity index (χ0v) is 21.5. The lowest BCUT2D eigenvalue weighted by Crippen LogP contribution is -1.99. The topological polar surface area (TPSA) is 86.4 Å². The number of hydrogen-bond donors (Lipinski definition) is 0. The molecule has 8 nitrogen and oxygen atoms in total. The van der Waals surface area contributed by atoms with Gasteiger partial charge in [0.1, 0.15) is 36.7 Å². The second-order valence-electron chi connectivity index (χ2n) is 8.08. The van der Waals surface area contributed by atoms with Crippen molar-refractivity contribution in [2.24, 2.45) is 20.3 Å². The van der Waals surface area contributed by atoms with Gasteiger partial charge in [0.25, 0.3) is 0 Å². The zero-order valence-electron chi connectivity index (χ0n) is 21.5. The van der Waals surface area contributed by atoms with E-state index >= 15 is 0 Å². The first-order valence-corrected chi connectivity index (χ1v) is 12.8. The molecule has 0 radical (unpaired) electrons. The fourth-order valence-corrected chi connectivity index (χ4v) is 2.89. The van der Waals surface area contributed by atoms with Gasteiger partial charge in [0.05, 0.1) is 24.6 Å². The number of aliphatic imine (C=N–C) groups is 2. The first kappa shape index (κ1) is 28.6. The molecule has 0 aromatic heterocycles. The van der Waals surface area contributed by atoms with Crippen LogP contribution in [0.3, 0.4) is 0 Å². The number of unbranched alkanes of at least 4 members (excludes halogenated alkanes) is 5. The summed E-state index contributed by atoms with van der Waals surface area (Å²) in [7, 11) is 0. The van der Waals surface area contributed by atoms with Crippen molar-refractivity contribution in [1.29, 1.82) is 0 Å². The highest BCUT2D eigenvalue weighted by Crippen LogP contribution is 2.19. The van der Waals surface area contributed by atoms with E-state index in [9.17, 15) is 0 Å². The van der Waals surface area contributed by atoms with Crippen molar-refractivity contribution in [3.05, 3.63) is 48.5 Å². The van der Waals surface area contributed by atoms with E-state index in [1.807, 2.05) is 48.5 Å². The lowest BCUT2D eigenvalue weighted by Gasteiger charge is -2.07. The summed E-state index contributed by atoms with van der Waals surface area (Å²) in [6.07, 6.45) is 8.27. The summed E-state index contributed by atoms with van der Waals surface area (Å²) in [5.74, 6) is 1.66. The van der Waals surface area contributed by atoms with Crippen LogP contribution in [-0.2, 0) is 9.68 Å². The van der Waals surface area contributed by atoms with Crippen molar-refractivity contribution in [2.45, 2.75) is 65.2 Å². The number of nitrogens with zero attached hydrogens (tertiary/aromatic N) is 4. The van der Waals surface area contributed by atoms with E-state index in [-0.39, 0.29) is 0 Å². The molecular formula is C28H38N4O4. The third-order valence-corrected chi connectivity index (χ3v) is 5.00. The summed E-state index contributed by atoms with van der Waals surface area (Å²) in [6.45, 7) is 6.76. The highest BCUT2D eigenvalue weighted by Gasteiger charge is 1.97. The van der Waals surface area contributed by atoms with Crippen LogP contribution in [0.5, 0.6) is 11.5 Å². The molecule has 194 valence electrons. The Morgan fingerprint density at radius 3 is 1.33 bits per heavy atom. The Kier molecular flexibility index (Phi) is 15.7. The lowest BCUT2D eigenvalue weighted by atomic mass is 10.2. The van der Waals surface area contributed by atoms with Crippen LogP contribution in [-0.4, -0.2) is 38.4 Å². The van der Waals surface area contributed by atoms with Crippen LogP contribution in [0.4, 0.5) is 11.4 Å². The Bertz CT molecular complexity index is 869. The molecule has 2 rings (SSSR count). The predicted octanol–water partition coefficient (Wildman–Crippen LogP) is 7.78. The molecule has 0 spiro atoms. The smallest absolute Gasteiger partial charge is 0.141 e. The third-order valence-electron chi connectivity index (χ3n) is 5.00. The van der Waals surface area contributed by atoms with Gasteiger partial charge in [-0.1, -0.05) is 26.7 Å². The van der Waals surface area contributed by atoms with Gasteiger partial charge in [0.2, 0.25) is 0 Å². The summed E-state index contributed by atoms with van der Waals surface area (Å²) >= 11 is 0. The van der Waals surface area contributed by atoms with Crippen LogP contribution in [0.25, 0.3) is 0 Å². The highest BCUT2D eigenvalue weighted by molar-refractivity contribution is 5.53. The van der Waals surface area contributed by atoms with Gasteiger partial charge in [-0.3, -0.25) is 0 Å². The van der Waals surface area contributed by atoms with Gasteiger partial charge >= 0.3 is 0 Å². The summed E-state index contributed by atoms with van der Waals surface area (Å²) in [5.41, 5.74) is 1.52. The minimum absolute atomic E-state index is 0.592. The molecule has 0 amide bonds. The van der Waals surface area contributed by atoms with Crippen molar-refractivity contribution < 1.29 is 19.1 Å². The van der Waals surface area contributed by atoms with Crippen LogP contribution in [0, 0.1) is 0 Å². The molecule has 2 aromatic carbocycles. The monoisotopic (exact) mass is 494 g/mol. The second-order valence-corrected chi connectivity index (χ2v) is 8.08. The summed E-state index contributed by atoms with van der Waals surface area (Å²) in [4.78, 5) is 18.3. The first-order valence-electron chi connectivity index (χ1n) is 12.8. The molecular weight excluding hydrogens is 456 g/mol. The van der Waals surface area contributed by atoms with Crippen molar-refractivity contribution in [2.75, 3.05) is 26.4 Å². The van der Waals surface area contributed by atoms with E-state index in [4.69, 9.17) is 19.1 Å². The number of benzene rings is 2. The Morgan fingerprint density at radius 1 is 0.528 bits per heavy atom. The first-order chi connectivity index (χ1) is 17.8. The molecule has 0 aliphatic heterocycles. The van der Waals surface area contributed by atoms with E-state index in [1.54, 1.807) is 0 Å². The molecule has 2 aromatic rings. The van der Waals surface area contributed by atoms with E-state index < -0.39 is 0 Å². The van der Waals surface area contributed by atoms with E-state index in [0.717, 1.165) is 74.2 Å². The number of rotatable bonds is 19. The summed E-state index contributed by atoms with van der Waals surface area (Å²) in [6, 6.07) is 20.2. The van der Waals surface area contributed by atoms with Gasteiger partial charge < -0.3 is 19.1 Å². The molecule has 0 saturated carbocycles. The molecule has 0 N–H and O–H groups in total. The van der Waals surface area contributed by atoms with Crippen molar-refractivity contribution >= 4 is 23.4 Å². The maximum Gasteiger partial charge on any atom is 0.141 e. The molecule has 0 fully saturated rings. The highest BCUT2D eigenvalue weighted by atomic mass is 16.6. The zero-order chi connectivity index (χ0) is 25.5. The molecule has 0 atom stereocenters. The van der Waals surface area contributed by atoms with Gasteiger partial charge in [-0.2, -0.15) is 9.98 Å². The van der Waals surface area contributed by atoms with Crippen LogP contribution >= 0.6 is 0 Å². The third kappa shape index (κ3) is 14.0. The van der Waals surface area contributed by atoms with E-state index in [0.29, 0.717) is 26.4 Å². The molecule has 0 bridgehead atoms. The van der Waals surface area contributed by atoms with Gasteiger partial charge in [-0.15, -0.1) is 0 Å². The SMILES string of the molecule is CCCCON=C=Nc1ccc(OCCCCCCOc2ccc(N=C=NOCCCC)cc2)cc1. The molecule has 0 aliphatic carbocycles. The van der Waals surface area contributed by atoms with Gasteiger partial charge in [0, 0.05) is 0 Å². The van der Waals surface area contributed by atoms with Crippen molar-refractivity contribution in [3.8, 4) is 11.5 Å². The fourth-order valence-electron chi connectivity index (χ4n) is 2.89. The Balaban J connectivity index is 1.51. The van der Waals surface area contributed by atoms with Crippen LogP contribution < -0.4 is 9.47 Å². The fraction of sp³-hybridized carbons (Fsp3) is 0.500. The largest absolute Gasteiger partial charge is 0.494 e. The average molecular weight is 495 g/mol. The molecule has 0 heterocycles. The Morgan fingerprint density at radius 2 is 0.944 bits per heavy atom. The molecule has 0 saturated heterocycles. The molecule has 0 unspecified atom stereocenters. The van der Waals surface area contributed by atoms with Gasteiger partial charge in [0.15, 0.2) is 0 Å². The minimum atomic E-state index is 0.592. The Labute approximate surface area is 214 Å². The van der Waals surface area contributed by atoms with Crippen LogP contribution in [0.15, 0.2) is 68.8 Å². The minimum Gasteiger partial charge on any atom is -0.494 e. The van der Waals surface area contributed by atoms with Crippen molar-refractivity contribution in [1.82, 2.24) is 0 Å². The standard InChI is InChI=1S/C28H38N4O4/c1-3-5-21-35-31-23-29-25-11-15-27(16-12-25)33-19-9-7-8-10-20-34-28-17-13-26(14-18-28)30-24-32-36-22-6-4-2/h11-18H,3-10,19-22H2,1-2H3. The van der Waals surface area contributed by atoms with Crippen molar-refractivity contribution in [3.63, 3.8) is 0 Å². The molecule has 36 heavy (non-hydrogen) atoms. The van der Waals surface area contributed by atoms with Crippen LogP contribution in [0.2, 0.25) is 0 Å². The van der Waals surface area contributed by atoms with Gasteiger partial charge in [-0.05, 0) is 97.4 Å². The van der Waals surface area contributed by atoms with Gasteiger partial charge in [-0.25, -0.2) is 0 Å². The van der Waals surface area contributed by atoms with E-state index in [2.05, 4.69) is 46.2 Å². The second kappa shape index (κ2) is 19.7. The molecule has 8 heteroatoms. The van der Waals surface area contributed by atoms with Crippen LogP contribution in [0.1, 0.15) is 65.2 Å².